The molecule has 1 atom stereocenters. The predicted molar refractivity (Wildman–Crippen MR) is 158 cm³/mol. The maximum Gasteiger partial charge on any atom is 0.326 e. The van der Waals surface area contributed by atoms with Crippen molar-refractivity contribution in [3.8, 4) is 11.1 Å². The minimum atomic E-state index is -3.99. The second-order valence-corrected chi connectivity index (χ2v) is 13.9. The van der Waals surface area contributed by atoms with Crippen LogP contribution in [0.15, 0.2) is 81.2 Å². The number of sulfonamides is 1. The number of anilines is 1. The molecule has 2 aromatic heterocycles. The highest BCUT2D eigenvalue weighted by molar-refractivity contribution is 9.11. The lowest BCUT2D eigenvalue weighted by molar-refractivity contribution is -0.139. The number of benzene rings is 2. The summed E-state index contributed by atoms with van der Waals surface area (Å²) in [4.78, 5) is 32.1. The minimum Gasteiger partial charge on any atom is -0.480 e. The van der Waals surface area contributed by atoms with E-state index in [1.165, 1.54) is 34.5 Å². The van der Waals surface area contributed by atoms with E-state index in [2.05, 4.69) is 31.2 Å². The Morgan fingerprint density at radius 2 is 1.95 bits per heavy atom. The number of hydrogen-bond donors (Lipinski definition) is 3. The van der Waals surface area contributed by atoms with Crippen LogP contribution in [0, 0.1) is 0 Å². The summed E-state index contributed by atoms with van der Waals surface area (Å²) < 4.78 is 29.7. The van der Waals surface area contributed by atoms with E-state index in [4.69, 9.17) is 0 Å². The Bertz CT molecular complexity index is 1540. The fourth-order valence-electron chi connectivity index (χ4n) is 3.86. The monoisotopic (exact) mass is 648 g/mol. The summed E-state index contributed by atoms with van der Waals surface area (Å²) in [5.74, 6) is -1.10. The molecule has 0 bridgehead atoms. The van der Waals surface area contributed by atoms with Crippen LogP contribution in [-0.2, 0) is 21.4 Å². The summed E-state index contributed by atoms with van der Waals surface area (Å²) in [5.41, 5.74) is 2.30. The molecule has 9 nitrogen and oxygen atoms in total. The molecule has 1 amide bonds. The van der Waals surface area contributed by atoms with Gasteiger partial charge in [-0.25, -0.2) is 18.2 Å². The number of thiophene rings is 1. The largest absolute Gasteiger partial charge is 0.480 e. The molecular formula is C26H25BrN4O5S3. The first kappa shape index (κ1) is 28.9. The lowest BCUT2D eigenvalue weighted by Crippen LogP contribution is -2.41. The van der Waals surface area contributed by atoms with Crippen molar-refractivity contribution in [2.75, 3.05) is 16.3 Å². The van der Waals surface area contributed by atoms with Crippen LogP contribution in [0.3, 0.4) is 0 Å². The van der Waals surface area contributed by atoms with E-state index in [1.807, 2.05) is 36.6 Å². The highest BCUT2D eigenvalue weighted by atomic mass is 79.9. The minimum absolute atomic E-state index is 0.0204. The van der Waals surface area contributed by atoms with Crippen molar-refractivity contribution >= 4 is 66.6 Å². The number of amides is 1. The van der Waals surface area contributed by atoms with Gasteiger partial charge in [0.25, 0.3) is 15.9 Å². The Labute approximate surface area is 242 Å². The molecule has 4 aromatic rings. The van der Waals surface area contributed by atoms with Crippen LogP contribution >= 0.6 is 39.0 Å². The van der Waals surface area contributed by atoms with Crippen LogP contribution in [0.2, 0.25) is 0 Å². The van der Waals surface area contributed by atoms with Gasteiger partial charge < -0.3 is 15.4 Å². The van der Waals surface area contributed by atoms with E-state index in [-0.39, 0.29) is 22.7 Å². The molecule has 204 valence electrons. The summed E-state index contributed by atoms with van der Waals surface area (Å²) in [6.45, 7) is -0.0204. The summed E-state index contributed by atoms with van der Waals surface area (Å²) >= 11 is 5.92. The molecule has 0 saturated carbocycles. The van der Waals surface area contributed by atoms with Gasteiger partial charge in [0.1, 0.15) is 10.3 Å². The van der Waals surface area contributed by atoms with Gasteiger partial charge in [0, 0.05) is 11.8 Å². The molecule has 0 radical (unpaired) electrons. The smallest absolute Gasteiger partial charge is 0.326 e. The van der Waals surface area contributed by atoms with Gasteiger partial charge in [0.05, 0.1) is 28.0 Å². The number of imidazole rings is 1. The zero-order valence-corrected chi connectivity index (χ0v) is 24.7. The molecule has 3 N–H and O–H groups in total. The highest BCUT2D eigenvalue weighted by Crippen LogP contribution is 2.35. The summed E-state index contributed by atoms with van der Waals surface area (Å²) in [6, 6.07) is 15.9. The lowest BCUT2D eigenvalue weighted by Gasteiger charge is -2.25. The average Bonchev–Trinajstić information content (AvgIpc) is 3.61. The molecule has 13 heteroatoms. The number of H-pyrrole nitrogens is 1. The van der Waals surface area contributed by atoms with Gasteiger partial charge in [0.15, 0.2) is 0 Å². The van der Waals surface area contributed by atoms with Crippen molar-refractivity contribution < 1.29 is 23.1 Å². The van der Waals surface area contributed by atoms with Gasteiger partial charge in [-0.15, -0.1) is 11.3 Å². The molecule has 4 rings (SSSR count). The standard InChI is InChI=1S/C26H25BrN4O5S3/c1-37-12-11-22(26(33)34)30-25(32)20-8-7-19(13-21(20)17-5-3-2-4-6-17)31(15-18-14-28-16-29-18)39(35,36)24-10-9-23(27)38-24/h2-10,13-14,16,22H,11-12,15H2,1H3,(H,28,29)(H,30,32)(H,33,34)/t22-/m0/s1. The Morgan fingerprint density at radius 1 is 1.18 bits per heavy atom. The van der Waals surface area contributed by atoms with Crippen LogP contribution in [0.1, 0.15) is 22.5 Å². The molecule has 2 aromatic carbocycles. The second kappa shape index (κ2) is 12.8. The van der Waals surface area contributed by atoms with E-state index in [0.29, 0.717) is 32.0 Å². The Hall–Kier alpha value is -3.13. The summed E-state index contributed by atoms with van der Waals surface area (Å²) in [5, 5.41) is 12.2. The van der Waals surface area contributed by atoms with E-state index in [9.17, 15) is 23.1 Å². The number of thioether (sulfide) groups is 1. The van der Waals surface area contributed by atoms with E-state index < -0.39 is 27.9 Å². The molecule has 39 heavy (non-hydrogen) atoms. The van der Waals surface area contributed by atoms with Crippen LogP contribution < -0.4 is 9.62 Å². The molecule has 2 heterocycles. The first-order chi connectivity index (χ1) is 18.7. The number of nitrogens with zero attached hydrogens (tertiary/aromatic N) is 2. The Morgan fingerprint density at radius 3 is 2.56 bits per heavy atom. The number of halogens is 1. The number of carbonyl (C=O) groups is 2. The van der Waals surface area contributed by atoms with Gasteiger partial charge >= 0.3 is 5.97 Å². The predicted octanol–water partition coefficient (Wildman–Crippen LogP) is 5.23. The Kier molecular flexibility index (Phi) is 9.49. The third kappa shape index (κ3) is 6.90. The van der Waals surface area contributed by atoms with Gasteiger partial charge in [-0.2, -0.15) is 11.8 Å². The number of aromatic nitrogens is 2. The molecule has 0 unspecified atom stereocenters. The van der Waals surface area contributed by atoms with Crippen LogP contribution in [0.5, 0.6) is 0 Å². The fourth-order valence-corrected chi connectivity index (χ4v) is 7.89. The number of nitrogens with one attached hydrogen (secondary N) is 2. The number of rotatable bonds is 12. The van der Waals surface area contributed by atoms with Crippen molar-refractivity contribution in [2.24, 2.45) is 0 Å². The van der Waals surface area contributed by atoms with Gasteiger partial charge in [-0.3, -0.25) is 9.10 Å². The van der Waals surface area contributed by atoms with E-state index in [0.717, 1.165) is 11.3 Å². The number of carbonyl (C=O) groups excluding carboxylic acids is 1. The maximum absolute atomic E-state index is 13.8. The molecule has 0 aliphatic carbocycles. The van der Waals surface area contributed by atoms with Crippen molar-refractivity contribution in [1.82, 2.24) is 15.3 Å². The number of carboxylic acid groups (broad SMARTS) is 1. The van der Waals surface area contributed by atoms with Crippen LogP contribution in [0.4, 0.5) is 5.69 Å². The molecule has 0 aliphatic heterocycles. The quantitative estimate of drug-likeness (QED) is 0.192. The topological polar surface area (TPSA) is 132 Å². The third-order valence-corrected chi connectivity index (χ3v) is 10.3. The fraction of sp³-hybridized carbons (Fsp3) is 0.192. The summed E-state index contributed by atoms with van der Waals surface area (Å²) in [7, 11) is -3.99. The lowest BCUT2D eigenvalue weighted by atomic mass is 9.98. The first-order valence-electron chi connectivity index (χ1n) is 11.7. The molecule has 0 spiro atoms. The van der Waals surface area contributed by atoms with Gasteiger partial charge in [0.2, 0.25) is 0 Å². The molecule has 0 saturated heterocycles. The van der Waals surface area contributed by atoms with Gasteiger partial charge in [-0.1, -0.05) is 30.3 Å². The van der Waals surface area contributed by atoms with Crippen LogP contribution in [-0.4, -0.2) is 53.4 Å². The van der Waals surface area contributed by atoms with Crippen molar-refractivity contribution in [2.45, 2.75) is 23.2 Å². The third-order valence-electron chi connectivity index (χ3n) is 5.80. The van der Waals surface area contributed by atoms with Crippen molar-refractivity contribution in [3.63, 3.8) is 0 Å². The van der Waals surface area contributed by atoms with E-state index >= 15 is 0 Å². The number of aromatic amines is 1. The zero-order valence-electron chi connectivity index (χ0n) is 20.7. The molecule has 0 fully saturated rings. The average molecular weight is 650 g/mol. The number of hydrogen-bond acceptors (Lipinski definition) is 7. The second-order valence-electron chi connectivity index (χ2n) is 8.39. The number of aliphatic carboxylic acids is 1. The van der Waals surface area contributed by atoms with Crippen molar-refractivity contribution in [3.05, 3.63) is 88.2 Å². The zero-order chi connectivity index (χ0) is 28.0. The highest BCUT2D eigenvalue weighted by Gasteiger charge is 2.29. The number of carboxylic acids is 1. The molecule has 0 aliphatic rings. The van der Waals surface area contributed by atoms with Crippen molar-refractivity contribution in [1.29, 1.82) is 0 Å². The SMILES string of the molecule is CSCC[C@H](NC(=O)c1ccc(N(Cc2cnc[nH]2)S(=O)(=O)c2ccc(Br)s2)cc1-c1ccccc1)C(=O)O. The summed E-state index contributed by atoms with van der Waals surface area (Å²) in [6.07, 6.45) is 5.16. The Balaban J connectivity index is 1.80. The molecular weight excluding hydrogens is 624 g/mol. The van der Waals surface area contributed by atoms with Crippen LogP contribution in [0.25, 0.3) is 11.1 Å². The van der Waals surface area contributed by atoms with E-state index in [1.54, 1.807) is 24.4 Å². The first-order valence-corrected chi connectivity index (χ1v) is 16.1. The maximum atomic E-state index is 13.8. The van der Waals surface area contributed by atoms with Gasteiger partial charge in [-0.05, 0) is 75.8 Å². The normalized spacial score (nSPS) is 12.2.